The second-order valence-corrected chi connectivity index (χ2v) is 1.65. The van der Waals surface area contributed by atoms with E-state index in [-0.39, 0.29) is 85.3 Å². The Morgan fingerprint density at radius 3 is 1.79 bits per heavy atom. The zero-order valence-corrected chi connectivity index (χ0v) is 14.7. The summed E-state index contributed by atoms with van der Waals surface area (Å²) in [7, 11) is 4.45. The van der Waals surface area contributed by atoms with Crippen molar-refractivity contribution < 1.29 is 71.9 Å². The van der Waals surface area contributed by atoms with Crippen LogP contribution >= 0.6 is 9.19 Å². The molecule has 0 radical (unpaired) electrons. The summed E-state index contributed by atoms with van der Waals surface area (Å²) < 4.78 is 0. The molecule has 0 unspecified atom stereocenters. The predicted molar refractivity (Wildman–Crippen MR) is 42.4 cm³/mol. The van der Waals surface area contributed by atoms with E-state index in [0.717, 1.165) is 0 Å². The van der Waals surface area contributed by atoms with Crippen LogP contribution in [0, 0.1) is 0 Å². The molecule has 0 saturated heterocycles. The number of hydrogen-bond acceptors (Lipinski definition) is 2. The Balaban J connectivity index is -0.0000000942. The zero-order valence-electron chi connectivity index (χ0n) is 7.47. The molecule has 0 aromatic heterocycles. The van der Waals surface area contributed by atoms with E-state index >= 15 is 0 Å². The van der Waals surface area contributed by atoms with Gasteiger partial charge in [0.05, 0.1) is 5.97 Å². The number of rotatable bonds is 1. The van der Waals surface area contributed by atoms with E-state index in [1.54, 1.807) is 18.2 Å². The van der Waals surface area contributed by atoms with Crippen molar-refractivity contribution in [3.05, 3.63) is 35.9 Å². The summed E-state index contributed by atoms with van der Waals surface area (Å²) >= 11 is 2.42. The molecule has 0 atom stereocenters. The Morgan fingerprint density at radius 2 is 1.57 bits per heavy atom. The Labute approximate surface area is 158 Å². The Morgan fingerprint density at radius 1 is 1.21 bits per heavy atom. The molecular weight excluding hydrogens is 358 g/mol. The van der Waals surface area contributed by atoms with Crippen molar-refractivity contribution in [2.75, 3.05) is 0 Å². The number of hydrogen-bond donors (Lipinski definition) is 0. The number of aromatic carboxylic acids is 1. The summed E-state index contributed by atoms with van der Waals surface area (Å²) in [6, 6.07) is 8.06. The number of carbonyl (C=O) groups excluding carboxylic acids is 1. The summed E-state index contributed by atoms with van der Waals surface area (Å²) in [6.07, 6.45) is 0. The summed E-state index contributed by atoms with van der Waals surface area (Å²) in [5.41, 5.74) is 0.220. The van der Waals surface area contributed by atoms with Crippen LogP contribution in [0.25, 0.3) is 0 Å². The summed E-state index contributed by atoms with van der Waals surface area (Å²) in [5, 5.41) is 10.1. The van der Waals surface area contributed by atoms with Crippen LogP contribution in [-0.4, -0.2) is 43.7 Å². The first-order valence-electron chi connectivity index (χ1n) is 2.68. The minimum Gasteiger partial charge on any atom is 1.00 e. The van der Waals surface area contributed by atoms with E-state index in [1.165, 1.54) is 12.1 Å². The van der Waals surface area contributed by atoms with Crippen molar-refractivity contribution in [1.82, 2.24) is 0 Å². The maximum absolute atomic E-state index is 10.1. The summed E-state index contributed by atoms with van der Waals surface area (Å²) in [4.78, 5) is 10.1. The molecule has 7 heteroatoms. The van der Waals surface area contributed by atoms with Crippen LogP contribution in [0.3, 0.4) is 0 Å². The second kappa shape index (κ2) is 17.7. The molecule has 0 aliphatic heterocycles. The fourth-order valence-electron chi connectivity index (χ4n) is 0.574. The summed E-state index contributed by atoms with van der Waals surface area (Å²) in [5.74, 6) is -1.13. The van der Waals surface area contributed by atoms with Crippen molar-refractivity contribution in [3.63, 3.8) is 0 Å². The maximum atomic E-state index is 10.1. The van der Waals surface area contributed by atoms with Gasteiger partial charge in [-0.25, -0.2) is 0 Å². The van der Waals surface area contributed by atoms with Gasteiger partial charge in [-0.05, 0) is 5.56 Å². The first kappa shape index (κ1) is 25.2. The normalized spacial score (nSPS) is 6.21. The molecule has 1 aromatic rings. The summed E-state index contributed by atoms with van der Waals surface area (Å²) in [6.45, 7) is 0. The monoisotopic (exact) mass is 361 g/mol. The molecule has 0 bridgehead atoms. The fourth-order valence-corrected chi connectivity index (χ4v) is 0.574. The van der Waals surface area contributed by atoms with Gasteiger partial charge in [-0.15, -0.1) is 0 Å². The molecule has 72 valence electrons. The average Bonchev–Trinajstić information content (AvgIpc) is 2.10. The second-order valence-electron chi connectivity index (χ2n) is 1.65. The zero-order chi connectivity index (χ0) is 8.69. The molecule has 0 aliphatic carbocycles. The van der Waals surface area contributed by atoms with Crippen molar-refractivity contribution in [2.45, 2.75) is 0 Å². The van der Waals surface area contributed by atoms with Crippen LogP contribution in [0.2, 0.25) is 0 Å². The van der Waals surface area contributed by atoms with Crippen molar-refractivity contribution in [1.29, 1.82) is 0 Å². The van der Waals surface area contributed by atoms with E-state index in [1.807, 2.05) is 0 Å². The van der Waals surface area contributed by atoms with E-state index < -0.39 is 5.97 Å². The minimum atomic E-state index is -1.13. The molecule has 1 rings (SSSR count). The van der Waals surface area contributed by atoms with Gasteiger partial charge in [0.15, 0.2) is 0 Å². The number of carbonyl (C=O) groups is 1. The van der Waals surface area contributed by atoms with Gasteiger partial charge in [0.2, 0.25) is 0 Å². The molecule has 0 spiro atoms. The molecular formula is C7H5AgCaCl2NaO2+. The number of carboxylic acids is 1. The van der Waals surface area contributed by atoms with E-state index in [4.69, 9.17) is 0 Å². The van der Waals surface area contributed by atoms with Gasteiger partial charge >= 0.3 is 96.5 Å². The van der Waals surface area contributed by atoms with E-state index in [0.29, 0.717) is 0 Å². The van der Waals surface area contributed by atoms with Crippen molar-refractivity contribution in [3.8, 4) is 0 Å². The van der Waals surface area contributed by atoms with E-state index in [9.17, 15) is 9.90 Å². The van der Waals surface area contributed by atoms with Gasteiger partial charge in [0.25, 0.3) is 0 Å². The van der Waals surface area contributed by atoms with E-state index in [2.05, 4.69) is 29.2 Å². The SMILES string of the molecule is O=C([O-])c1ccccc1.[Ca+2].[Cl-].[Cl][Ag].[Na+]. The maximum Gasteiger partial charge on any atom is 1.00 e. The topological polar surface area (TPSA) is 40.1 Å². The smallest absolute Gasteiger partial charge is 1.00 e. The van der Waals surface area contributed by atoms with Crippen molar-refractivity contribution in [2.24, 2.45) is 0 Å². The van der Waals surface area contributed by atoms with Gasteiger partial charge in [-0.2, -0.15) is 0 Å². The van der Waals surface area contributed by atoms with Gasteiger partial charge in [0, 0.05) is 0 Å². The van der Waals surface area contributed by atoms with Gasteiger partial charge < -0.3 is 22.3 Å². The third-order valence-electron chi connectivity index (χ3n) is 1.01. The number of carboxylic acid groups (broad SMARTS) is 1. The average molecular weight is 363 g/mol. The first-order chi connectivity index (χ1) is 5.30. The van der Waals surface area contributed by atoms with Crippen LogP contribution in [0.4, 0.5) is 0 Å². The quantitative estimate of drug-likeness (QED) is 0.467. The van der Waals surface area contributed by atoms with Crippen LogP contribution < -0.4 is 47.1 Å². The van der Waals surface area contributed by atoms with Gasteiger partial charge in [-0.3, -0.25) is 0 Å². The molecule has 0 fully saturated rings. The molecule has 0 heterocycles. The largest absolute Gasteiger partial charge is 1.00 e. The first-order valence-corrected chi connectivity index (χ1v) is 4.59. The molecule has 0 aliphatic rings. The van der Waals surface area contributed by atoms with Crippen molar-refractivity contribution >= 4 is 52.9 Å². The fraction of sp³-hybridized carbons (Fsp3) is 0. The standard InChI is InChI=1S/C7H6O2.Ag.Ca.2ClH.Na/c8-7(9)6-4-2-1-3-5-6;;;;;/h1-5H,(H,8,9);;;2*1H;/q;+1;+2;;;+1/p-3. The van der Waals surface area contributed by atoms with Gasteiger partial charge in [-0.1, -0.05) is 30.3 Å². The Bertz CT molecular complexity index is 226. The number of benzene rings is 1. The molecule has 0 N–H and O–H groups in total. The molecule has 2 nitrogen and oxygen atoms in total. The van der Waals surface area contributed by atoms with Crippen LogP contribution in [0.1, 0.15) is 10.4 Å². The van der Waals surface area contributed by atoms with Crippen LogP contribution in [-0.2, 0) is 20.0 Å². The Hall–Kier alpha value is 2.27. The molecule has 14 heavy (non-hydrogen) atoms. The predicted octanol–water partition coefficient (Wildman–Crippen LogP) is -5.64. The van der Waals surface area contributed by atoms with Crippen LogP contribution in [0.15, 0.2) is 30.3 Å². The van der Waals surface area contributed by atoms with Gasteiger partial charge in [0.1, 0.15) is 0 Å². The molecule has 1 aromatic carbocycles. The minimum absolute atomic E-state index is 0. The van der Waals surface area contributed by atoms with Crippen LogP contribution in [0.5, 0.6) is 0 Å². The number of halogens is 2. The third-order valence-corrected chi connectivity index (χ3v) is 1.01. The molecule has 0 amide bonds. The molecule has 0 saturated carbocycles. The Kier molecular flexibility index (Phi) is 31.8. The third kappa shape index (κ3) is 12.3.